The van der Waals surface area contributed by atoms with Gasteiger partial charge in [-0.25, -0.2) is 0 Å². The van der Waals surface area contributed by atoms with Gasteiger partial charge < -0.3 is 5.11 Å². The Morgan fingerprint density at radius 2 is 1.24 bits per heavy atom. The van der Waals surface area contributed by atoms with E-state index in [4.69, 9.17) is 0 Å². The van der Waals surface area contributed by atoms with Crippen molar-refractivity contribution in [2.75, 3.05) is 12.8 Å². The maximum atomic E-state index is 9.93. The van der Waals surface area contributed by atoms with Crippen LogP contribution in [0.15, 0.2) is 60.7 Å². The zero-order valence-corrected chi connectivity index (χ0v) is 13.9. The molecule has 2 rings (SSSR count). The average molecular weight is 300 g/mol. The van der Waals surface area contributed by atoms with E-state index in [0.717, 1.165) is 19.0 Å². The minimum Gasteiger partial charge on any atom is -0.396 e. The second kappa shape index (κ2) is 7.73. The third-order valence-corrected chi connectivity index (χ3v) is 7.29. The van der Waals surface area contributed by atoms with Crippen molar-refractivity contribution in [3.63, 3.8) is 0 Å². The lowest BCUT2D eigenvalue weighted by molar-refractivity contribution is 0.137. The molecule has 1 N–H and O–H groups in total. The fraction of sp³-hybridized carbons (Fsp3) is 0.368. The van der Waals surface area contributed by atoms with Crippen LogP contribution < -0.4 is 10.6 Å². The number of aliphatic hydroxyl groups excluding tert-OH is 1. The van der Waals surface area contributed by atoms with Gasteiger partial charge in [-0.15, -0.1) is 0 Å². The number of benzene rings is 2. The molecule has 0 aliphatic carbocycles. The molecule has 0 aliphatic heterocycles. The molecule has 0 bridgehead atoms. The summed E-state index contributed by atoms with van der Waals surface area (Å²) in [6.07, 6.45) is 3.11. The lowest BCUT2D eigenvalue weighted by atomic mass is 9.86. The number of aliphatic hydroxyl groups is 1. The fourth-order valence-electron chi connectivity index (χ4n) is 2.63. The Balaban J connectivity index is 2.38. The Labute approximate surface area is 129 Å². The van der Waals surface area contributed by atoms with Crippen LogP contribution >= 0.6 is 7.92 Å². The molecule has 21 heavy (non-hydrogen) atoms. The number of rotatable bonds is 7. The normalized spacial score (nSPS) is 11.8. The van der Waals surface area contributed by atoms with Crippen molar-refractivity contribution in [3.05, 3.63) is 60.7 Å². The summed E-state index contributed by atoms with van der Waals surface area (Å²) in [7, 11) is -0.416. The monoisotopic (exact) mass is 300 g/mol. The molecule has 2 aromatic rings. The lowest BCUT2D eigenvalue weighted by Crippen LogP contribution is -2.31. The van der Waals surface area contributed by atoms with Gasteiger partial charge in [0.05, 0.1) is 0 Å². The molecule has 2 heteroatoms. The molecule has 1 nitrogen and oxygen atoms in total. The van der Waals surface area contributed by atoms with Gasteiger partial charge in [0.2, 0.25) is 0 Å². The smallest absolute Gasteiger partial charge is 0.0490 e. The molecule has 0 radical (unpaired) electrons. The van der Waals surface area contributed by atoms with Crippen LogP contribution in [0.5, 0.6) is 0 Å². The first-order valence-corrected chi connectivity index (χ1v) is 9.26. The standard InChI is InChI=1S/C19H25OP/c1-3-19(4-2,15-20)16-21(17-11-7-5-8-12-17)18-13-9-6-10-14-18/h5-14,20H,3-4,15-16H2,1-2H3. The Morgan fingerprint density at radius 3 is 1.57 bits per heavy atom. The molecule has 0 atom stereocenters. The largest absolute Gasteiger partial charge is 0.396 e. The molecule has 0 unspecified atom stereocenters. The predicted molar refractivity (Wildman–Crippen MR) is 94.0 cm³/mol. The molecule has 0 amide bonds. The summed E-state index contributed by atoms with van der Waals surface area (Å²) in [5.74, 6) is 0. The van der Waals surface area contributed by atoms with E-state index < -0.39 is 7.92 Å². The zero-order chi connectivity index (χ0) is 15.1. The van der Waals surface area contributed by atoms with Gasteiger partial charge >= 0.3 is 0 Å². The van der Waals surface area contributed by atoms with Gasteiger partial charge in [0.25, 0.3) is 0 Å². The molecule has 0 saturated carbocycles. The Morgan fingerprint density at radius 1 is 0.810 bits per heavy atom. The molecule has 112 valence electrons. The maximum Gasteiger partial charge on any atom is 0.0490 e. The highest BCUT2D eigenvalue weighted by Gasteiger charge is 2.30. The second-order valence-electron chi connectivity index (χ2n) is 5.62. The van der Waals surface area contributed by atoms with Gasteiger partial charge in [-0.1, -0.05) is 74.5 Å². The molecule has 0 saturated heterocycles. The van der Waals surface area contributed by atoms with E-state index in [1.54, 1.807) is 0 Å². The van der Waals surface area contributed by atoms with Crippen LogP contribution in [-0.2, 0) is 0 Å². The molecule has 0 aliphatic rings. The summed E-state index contributed by atoms with van der Waals surface area (Å²) in [4.78, 5) is 0. The maximum absolute atomic E-state index is 9.93. The van der Waals surface area contributed by atoms with E-state index in [2.05, 4.69) is 74.5 Å². The fourth-order valence-corrected chi connectivity index (χ4v) is 5.58. The van der Waals surface area contributed by atoms with Gasteiger partial charge in [-0.05, 0) is 42.9 Å². The van der Waals surface area contributed by atoms with Crippen LogP contribution in [0.4, 0.5) is 0 Å². The van der Waals surface area contributed by atoms with Crippen molar-refractivity contribution >= 4 is 18.5 Å². The van der Waals surface area contributed by atoms with E-state index in [9.17, 15) is 5.11 Å². The topological polar surface area (TPSA) is 20.2 Å². The summed E-state index contributed by atoms with van der Waals surface area (Å²) < 4.78 is 0. The summed E-state index contributed by atoms with van der Waals surface area (Å²) in [6, 6.07) is 21.5. The molecular weight excluding hydrogens is 275 g/mol. The molecule has 0 aromatic heterocycles. The Hall–Kier alpha value is -1.17. The summed E-state index contributed by atoms with van der Waals surface area (Å²) in [5, 5.41) is 12.7. The molecule has 0 fully saturated rings. The van der Waals surface area contributed by atoms with E-state index in [-0.39, 0.29) is 12.0 Å². The Bertz CT molecular complexity index is 472. The van der Waals surface area contributed by atoms with Gasteiger partial charge in [0, 0.05) is 6.61 Å². The van der Waals surface area contributed by atoms with Crippen molar-refractivity contribution in [2.45, 2.75) is 26.7 Å². The third kappa shape index (κ3) is 3.93. The third-order valence-electron chi connectivity index (χ3n) is 4.46. The summed E-state index contributed by atoms with van der Waals surface area (Å²) in [5.41, 5.74) is 0.0391. The molecule has 0 spiro atoms. The highest BCUT2D eigenvalue weighted by atomic mass is 31.1. The van der Waals surface area contributed by atoms with Crippen LogP contribution in [0.2, 0.25) is 0 Å². The van der Waals surface area contributed by atoms with Gasteiger partial charge in [-0.2, -0.15) is 0 Å². The van der Waals surface area contributed by atoms with Crippen molar-refractivity contribution in [2.24, 2.45) is 5.41 Å². The first-order chi connectivity index (χ1) is 10.2. The molecule has 0 heterocycles. The lowest BCUT2D eigenvalue weighted by Gasteiger charge is -2.34. The van der Waals surface area contributed by atoms with Gasteiger partial charge in [0.1, 0.15) is 0 Å². The zero-order valence-electron chi connectivity index (χ0n) is 13.0. The van der Waals surface area contributed by atoms with E-state index in [0.29, 0.717) is 0 Å². The molecular formula is C19H25OP. The number of hydrogen-bond donors (Lipinski definition) is 1. The van der Waals surface area contributed by atoms with Crippen LogP contribution in [0.25, 0.3) is 0 Å². The first kappa shape index (κ1) is 16.2. The van der Waals surface area contributed by atoms with E-state index in [1.165, 1.54) is 10.6 Å². The number of hydrogen-bond acceptors (Lipinski definition) is 1. The van der Waals surface area contributed by atoms with E-state index >= 15 is 0 Å². The van der Waals surface area contributed by atoms with Crippen LogP contribution in [-0.4, -0.2) is 17.9 Å². The van der Waals surface area contributed by atoms with Crippen molar-refractivity contribution in [1.29, 1.82) is 0 Å². The van der Waals surface area contributed by atoms with Crippen molar-refractivity contribution in [1.82, 2.24) is 0 Å². The van der Waals surface area contributed by atoms with Crippen LogP contribution in [0, 0.1) is 5.41 Å². The highest BCUT2D eigenvalue weighted by Crippen LogP contribution is 2.43. The quantitative estimate of drug-likeness (QED) is 0.769. The van der Waals surface area contributed by atoms with E-state index in [1.807, 2.05) is 0 Å². The minimum absolute atomic E-state index is 0.0391. The van der Waals surface area contributed by atoms with Gasteiger partial charge in [0.15, 0.2) is 0 Å². The van der Waals surface area contributed by atoms with Crippen LogP contribution in [0.1, 0.15) is 26.7 Å². The SMILES string of the molecule is CCC(CC)(CO)CP(c1ccccc1)c1ccccc1. The summed E-state index contributed by atoms with van der Waals surface area (Å²) >= 11 is 0. The second-order valence-corrected chi connectivity index (χ2v) is 7.83. The van der Waals surface area contributed by atoms with Gasteiger partial charge in [-0.3, -0.25) is 0 Å². The highest BCUT2D eigenvalue weighted by molar-refractivity contribution is 7.73. The van der Waals surface area contributed by atoms with Crippen LogP contribution in [0.3, 0.4) is 0 Å². The first-order valence-electron chi connectivity index (χ1n) is 7.73. The minimum atomic E-state index is -0.416. The average Bonchev–Trinajstić information content (AvgIpc) is 2.58. The Kier molecular flexibility index (Phi) is 5.96. The van der Waals surface area contributed by atoms with Crippen molar-refractivity contribution < 1.29 is 5.11 Å². The summed E-state index contributed by atoms with van der Waals surface area (Å²) in [6.45, 7) is 4.67. The van der Waals surface area contributed by atoms with Crippen molar-refractivity contribution in [3.8, 4) is 0 Å². The molecule has 2 aromatic carbocycles. The predicted octanol–water partition coefficient (Wildman–Crippen LogP) is 3.92.